The molecule has 0 N–H and O–H groups in total. The molecule has 0 bridgehead atoms. The third-order valence-electron chi connectivity index (χ3n) is 3.94. The highest BCUT2D eigenvalue weighted by Crippen LogP contribution is 2.24. The van der Waals surface area contributed by atoms with Gasteiger partial charge in [0.1, 0.15) is 6.10 Å². The van der Waals surface area contributed by atoms with Crippen molar-refractivity contribution in [1.82, 2.24) is 19.7 Å². The molecule has 1 saturated carbocycles. The molecule has 1 aliphatic rings. The van der Waals surface area contributed by atoms with E-state index in [1.165, 1.54) is 18.2 Å². The van der Waals surface area contributed by atoms with Gasteiger partial charge in [0.25, 0.3) is 0 Å². The zero-order valence-corrected chi connectivity index (χ0v) is 14.0. The van der Waals surface area contributed by atoms with Crippen molar-refractivity contribution < 1.29 is 9.53 Å². The first-order chi connectivity index (χ1) is 11.2. The summed E-state index contributed by atoms with van der Waals surface area (Å²) in [7, 11) is 1.89. The molecule has 2 heterocycles. The van der Waals surface area contributed by atoms with Crippen molar-refractivity contribution in [2.75, 3.05) is 5.75 Å². The van der Waals surface area contributed by atoms with Crippen LogP contribution in [0.3, 0.4) is 0 Å². The molecule has 7 heteroatoms. The van der Waals surface area contributed by atoms with E-state index in [1.807, 2.05) is 23.7 Å². The summed E-state index contributed by atoms with van der Waals surface area (Å²) in [6.45, 7) is 0. The Labute approximate surface area is 139 Å². The zero-order chi connectivity index (χ0) is 16.1. The van der Waals surface area contributed by atoms with Gasteiger partial charge in [0, 0.05) is 25.0 Å². The highest BCUT2D eigenvalue weighted by Gasteiger charge is 2.19. The monoisotopic (exact) mass is 332 g/mol. The van der Waals surface area contributed by atoms with Gasteiger partial charge in [-0.2, -0.15) is 0 Å². The molecule has 3 rings (SSSR count). The second kappa shape index (κ2) is 7.59. The van der Waals surface area contributed by atoms with Gasteiger partial charge in [0.15, 0.2) is 11.0 Å². The van der Waals surface area contributed by atoms with E-state index in [4.69, 9.17) is 4.74 Å². The second-order valence-corrected chi connectivity index (χ2v) is 6.58. The van der Waals surface area contributed by atoms with Crippen LogP contribution in [-0.4, -0.2) is 37.6 Å². The van der Waals surface area contributed by atoms with Crippen LogP contribution in [0.4, 0.5) is 0 Å². The van der Waals surface area contributed by atoms with Gasteiger partial charge in [-0.1, -0.05) is 18.2 Å². The molecule has 2 aromatic rings. The summed E-state index contributed by atoms with van der Waals surface area (Å²) in [5, 5.41) is 9.06. The Morgan fingerprint density at radius 3 is 2.74 bits per heavy atom. The number of pyridine rings is 1. The van der Waals surface area contributed by atoms with Crippen LogP contribution in [0.15, 0.2) is 29.7 Å². The number of esters is 1. The quantitative estimate of drug-likeness (QED) is 0.619. The summed E-state index contributed by atoms with van der Waals surface area (Å²) in [4.78, 5) is 16.0. The van der Waals surface area contributed by atoms with Crippen LogP contribution in [0.5, 0.6) is 0 Å². The third-order valence-corrected chi connectivity index (χ3v) is 4.94. The summed E-state index contributed by atoms with van der Waals surface area (Å²) >= 11 is 1.36. The molecule has 2 aromatic heterocycles. The van der Waals surface area contributed by atoms with Crippen LogP contribution in [0, 0.1) is 0 Å². The predicted molar refractivity (Wildman–Crippen MR) is 87.9 cm³/mol. The summed E-state index contributed by atoms with van der Waals surface area (Å²) in [5.74, 6) is 0.852. The van der Waals surface area contributed by atoms with E-state index < -0.39 is 0 Å². The van der Waals surface area contributed by atoms with E-state index >= 15 is 0 Å². The number of rotatable bonds is 5. The first-order valence-corrected chi connectivity index (χ1v) is 8.84. The number of nitrogens with zero attached hydrogens (tertiary/aromatic N) is 4. The fraction of sp³-hybridized carbons (Fsp3) is 0.500. The minimum absolute atomic E-state index is 0.101. The van der Waals surface area contributed by atoms with Gasteiger partial charge in [-0.3, -0.25) is 9.78 Å². The molecule has 0 aliphatic heterocycles. The fourth-order valence-electron chi connectivity index (χ4n) is 2.72. The van der Waals surface area contributed by atoms with Crippen molar-refractivity contribution in [3.8, 4) is 11.4 Å². The van der Waals surface area contributed by atoms with Gasteiger partial charge in [0.2, 0.25) is 0 Å². The normalized spacial score (nSPS) is 15.5. The lowest BCUT2D eigenvalue weighted by molar-refractivity contribution is -0.147. The molecule has 0 radical (unpaired) electrons. The topological polar surface area (TPSA) is 69.9 Å². The van der Waals surface area contributed by atoms with Gasteiger partial charge in [-0.25, -0.2) is 0 Å². The van der Waals surface area contributed by atoms with Gasteiger partial charge < -0.3 is 9.30 Å². The maximum Gasteiger partial charge on any atom is 0.316 e. The van der Waals surface area contributed by atoms with E-state index in [9.17, 15) is 4.79 Å². The average molecular weight is 332 g/mol. The van der Waals surface area contributed by atoms with Gasteiger partial charge >= 0.3 is 5.97 Å². The molecule has 0 amide bonds. The Kier molecular flexibility index (Phi) is 5.27. The molecule has 1 aliphatic carbocycles. The minimum atomic E-state index is -0.171. The van der Waals surface area contributed by atoms with Crippen LogP contribution < -0.4 is 0 Å². The van der Waals surface area contributed by atoms with Crippen LogP contribution in [0.25, 0.3) is 11.4 Å². The third kappa shape index (κ3) is 4.10. The van der Waals surface area contributed by atoms with Crippen LogP contribution >= 0.6 is 11.8 Å². The molecule has 1 fully saturated rings. The molecule has 0 saturated heterocycles. The van der Waals surface area contributed by atoms with E-state index in [1.54, 1.807) is 12.4 Å². The molecule has 6 nitrogen and oxygen atoms in total. The number of hydrogen-bond acceptors (Lipinski definition) is 6. The van der Waals surface area contributed by atoms with Crippen LogP contribution in [0.2, 0.25) is 0 Å². The first kappa shape index (κ1) is 16.0. The standard InChI is InChI=1S/C16H20N4O2S/c1-20-15(12-7-9-17-10-8-12)18-19-16(20)23-11-14(21)22-13-5-3-2-4-6-13/h7-10,13H,2-6,11H2,1H3. The van der Waals surface area contributed by atoms with E-state index in [2.05, 4.69) is 15.2 Å². The maximum absolute atomic E-state index is 12.0. The lowest BCUT2D eigenvalue weighted by atomic mass is 9.98. The van der Waals surface area contributed by atoms with Gasteiger partial charge in [-0.15, -0.1) is 10.2 Å². The number of aromatic nitrogens is 4. The molecule has 0 aromatic carbocycles. The van der Waals surface area contributed by atoms with Gasteiger partial charge in [-0.05, 0) is 37.8 Å². The Hall–Kier alpha value is -1.89. The lowest BCUT2D eigenvalue weighted by Crippen LogP contribution is -2.22. The zero-order valence-electron chi connectivity index (χ0n) is 13.1. The lowest BCUT2D eigenvalue weighted by Gasteiger charge is -2.21. The van der Waals surface area contributed by atoms with Gasteiger partial charge in [0.05, 0.1) is 5.75 Å². The van der Waals surface area contributed by atoms with Crippen molar-refractivity contribution >= 4 is 17.7 Å². The molecule has 23 heavy (non-hydrogen) atoms. The molecule has 122 valence electrons. The summed E-state index contributed by atoms with van der Waals surface area (Å²) < 4.78 is 7.40. The Balaban J connectivity index is 1.56. The molecule has 0 spiro atoms. The van der Waals surface area contributed by atoms with Crippen LogP contribution in [0.1, 0.15) is 32.1 Å². The van der Waals surface area contributed by atoms with Crippen molar-refractivity contribution in [2.24, 2.45) is 7.05 Å². The van der Waals surface area contributed by atoms with E-state index in [0.29, 0.717) is 5.16 Å². The number of carbonyl (C=O) groups excluding carboxylic acids is 1. The minimum Gasteiger partial charge on any atom is -0.462 e. The first-order valence-electron chi connectivity index (χ1n) is 7.86. The summed E-state index contributed by atoms with van der Waals surface area (Å²) in [6, 6.07) is 3.77. The van der Waals surface area contributed by atoms with E-state index in [-0.39, 0.29) is 17.8 Å². The van der Waals surface area contributed by atoms with Crippen molar-refractivity contribution in [3.05, 3.63) is 24.5 Å². The molecule has 0 unspecified atom stereocenters. The SMILES string of the molecule is Cn1c(SCC(=O)OC2CCCCC2)nnc1-c1ccncc1. The molecular formula is C16H20N4O2S. The van der Waals surface area contributed by atoms with Crippen LogP contribution in [-0.2, 0) is 16.6 Å². The maximum atomic E-state index is 12.0. The van der Waals surface area contributed by atoms with Crippen molar-refractivity contribution in [1.29, 1.82) is 0 Å². The smallest absolute Gasteiger partial charge is 0.316 e. The highest BCUT2D eigenvalue weighted by atomic mass is 32.2. The number of hydrogen-bond donors (Lipinski definition) is 0. The summed E-state index contributed by atoms with van der Waals surface area (Å²) in [5.41, 5.74) is 0.951. The average Bonchev–Trinajstić information content (AvgIpc) is 2.95. The Morgan fingerprint density at radius 1 is 1.26 bits per heavy atom. The Bertz CT molecular complexity index is 653. The molecular weight excluding hydrogens is 312 g/mol. The summed E-state index contributed by atoms with van der Waals surface area (Å²) in [6.07, 6.45) is 9.09. The Morgan fingerprint density at radius 2 is 2.00 bits per heavy atom. The number of ether oxygens (including phenoxy) is 1. The number of carbonyl (C=O) groups is 1. The molecule has 0 atom stereocenters. The largest absolute Gasteiger partial charge is 0.462 e. The number of thioether (sulfide) groups is 1. The predicted octanol–water partition coefficient (Wildman–Crippen LogP) is 2.85. The highest BCUT2D eigenvalue weighted by molar-refractivity contribution is 7.99. The van der Waals surface area contributed by atoms with E-state index in [0.717, 1.165) is 37.1 Å². The fourth-order valence-corrected chi connectivity index (χ4v) is 3.41. The second-order valence-electron chi connectivity index (χ2n) is 5.64. The van der Waals surface area contributed by atoms with Crippen molar-refractivity contribution in [3.63, 3.8) is 0 Å². The van der Waals surface area contributed by atoms with Crippen molar-refractivity contribution in [2.45, 2.75) is 43.4 Å².